The average molecular weight is 415 g/mol. The van der Waals surface area contributed by atoms with E-state index in [2.05, 4.69) is 5.32 Å². The lowest BCUT2D eigenvalue weighted by molar-refractivity contribution is -0.688. The molecule has 3 aromatic carbocycles. The summed E-state index contributed by atoms with van der Waals surface area (Å²) < 4.78 is 20.3. The highest BCUT2D eigenvalue weighted by Crippen LogP contribution is 2.21. The van der Waals surface area contributed by atoms with Crippen LogP contribution in [0.5, 0.6) is 5.75 Å². The van der Waals surface area contributed by atoms with E-state index < -0.39 is 0 Å². The number of ether oxygens (including phenoxy) is 1. The fourth-order valence-corrected chi connectivity index (χ4v) is 3.48. The first-order valence-electron chi connectivity index (χ1n) is 10.2. The number of carbonyl (C=O) groups is 1. The van der Waals surface area contributed by atoms with Gasteiger partial charge in [0.2, 0.25) is 0 Å². The Morgan fingerprint density at radius 2 is 1.61 bits per heavy atom. The van der Waals surface area contributed by atoms with Crippen LogP contribution in [0.4, 0.5) is 4.39 Å². The van der Waals surface area contributed by atoms with Gasteiger partial charge in [0, 0.05) is 29.8 Å². The summed E-state index contributed by atoms with van der Waals surface area (Å²) in [6.45, 7) is 1.24. The van der Waals surface area contributed by atoms with E-state index in [0.717, 1.165) is 34.1 Å². The molecule has 4 aromatic rings. The van der Waals surface area contributed by atoms with Crippen molar-refractivity contribution in [2.45, 2.75) is 13.0 Å². The Hall–Kier alpha value is -3.73. The number of halogens is 1. The minimum absolute atomic E-state index is 0.0833. The maximum absolute atomic E-state index is 13.0. The molecule has 1 heterocycles. The second-order valence-electron chi connectivity index (χ2n) is 7.44. The van der Waals surface area contributed by atoms with Gasteiger partial charge in [-0.25, -0.2) is 8.96 Å². The van der Waals surface area contributed by atoms with Gasteiger partial charge in [-0.15, -0.1) is 0 Å². The third-order valence-electron chi connectivity index (χ3n) is 5.25. The molecule has 0 spiro atoms. The molecule has 0 bridgehead atoms. The minimum atomic E-state index is -0.227. The highest BCUT2D eigenvalue weighted by molar-refractivity contribution is 5.98. The standard InChI is InChI=1S/C26H23FN2O2/c1-31-25-9-6-21-16-23(5-4-22(21)17-25)26(30)28-13-10-19-11-14-29(15-12-19)18-20-2-7-24(27)8-3-20/h2-9,11-12,14-17H,10,13,18H2,1H3/p+1. The van der Waals surface area contributed by atoms with Crippen molar-refractivity contribution in [3.8, 4) is 5.75 Å². The maximum atomic E-state index is 13.0. The summed E-state index contributed by atoms with van der Waals surface area (Å²) in [4.78, 5) is 12.5. The van der Waals surface area contributed by atoms with Crippen LogP contribution in [-0.4, -0.2) is 19.6 Å². The molecule has 0 fully saturated rings. The van der Waals surface area contributed by atoms with Gasteiger partial charge in [-0.2, -0.15) is 0 Å². The first-order chi connectivity index (χ1) is 15.1. The van der Waals surface area contributed by atoms with E-state index in [4.69, 9.17) is 4.74 Å². The van der Waals surface area contributed by atoms with Gasteiger partial charge in [0.15, 0.2) is 18.9 Å². The van der Waals surface area contributed by atoms with Crippen molar-refractivity contribution in [2.75, 3.05) is 13.7 Å². The smallest absolute Gasteiger partial charge is 0.251 e. The van der Waals surface area contributed by atoms with E-state index in [0.29, 0.717) is 18.7 Å². The number of nitrogens with one attached hydrogen (secondary N) is 1. The fourth-order valence-electron chi connectivity index (χ4n) is 3.48. The highest BCUT2D eigenvalue weighted by Gasteiger charge is 2.08. The number of nitrogens with zero attached hydrogens (tertiary/aromatic N) is 1. The molecular formula is C26H24FN2O2+. The van der Waals surface area contributed by atoms with E-state index in [-0.39, 0.29) is 11.7 Å². The van der Waals surface area contributed by atoms with E-state index in [1.165, 1.54) is 12.1 Å². The molecule has 4 nitrogen and oxygen atoms in total. The Balaban J connectivity index is 1.31. The van der Waals surface area contributed by atoms with Gasteiger partial charge in [-0.3, -0.25) is 4.79 Å². The predicted octanol–water partition coefficient (Wildman–Crippen LogP) is 4.30. The molecular weight excluding hydrogens is 391 g/mol. The summed E-state index contributed by atoms with van der Waals surface area (Å²) in [5.41, 5.74) is 2.82. The maximum Gasteiger partial charge on any atom is 0.251 e. The van der Waals surface area contributed by atoms with Gasteiger partial charge in [-0.1, -0.05) is 12.1 Å². The Kier molecular flexibility index (Phi) is 6.22. The molecule has 0 radical (unpaired) electrons. The van der Waals surface area contributed by atoms with E-state index >= 15 is 0 Å². The number of amides is 1. The zero-order valence-electron chi connectivity index (χ0n) is 17.3. The van der Waals surface area contributed by atoms with Crippen molar-refractivity contribution in [3.05, 3.63) is 108 Å². The molecule has 4 rings (SSSR count). The Morgan fingerprint density at radius 3 is 2.35 bits per heavy atom. The fraction of sp³-hybridized carbons (Fsp3) is 0.154. The molecule has 0 unspecified atom stereocenters. The SMILES string of the molecule is COc1ccc2cc(C(=O)NCCc3cc[n+](Cc4ccc(F)cc4)cc3)ccc2c1. The summed E-state index contributed by atoms with van der Waals surface area (Å²) >= 11 is 0. The van der Waals surface area contributed by atoms with Crippen molar-refractivity contribution < 1.29 is 18.5 Å². The summed E-state index contributed by atoms with van der Waals surface area (Å²) in [5.74, 6) is 0.488. The highest BCUT2D eigenvalue weighted by atomic mass is 19.1. The van der Waals surface area contributed by atoms with Gasteiger partial charge in [-0.05, 0) is 71.3 Å². The number of benzene rings is 3. The second-order valence-corrected chi connectivity index (χ2v) is 7.44. The summed E-state index contributed by atoms with van der Waals surface area (Å²) in [6, 6.07) is 22.1. The summed E-state index contributed by atoms with van der Waals surface area (Å²) in [6.07, 6.45) is 4.74. The Bertz CT molecular complexity index is 1190. The molecule has 0 aliphatic carbocycles. The second kappa shape index (κ2) is 9.39. The Labute approximate surface area is 180 Å². The normalized spacial score (nSPS) is 10.8. The van der Waals surface area contributed by atoms with Gasteiger partial charge < -0.3 is 10.1 Å². The molecule has 0 aliphatic heterocycles. The third kappa shape index (κ3) is 5.25. The van der Waals surface area contributed by atoms with Crippen LogP contribution in [0.3, 0.4) is 0 Å². The third-order valence-corrected chi connectivity index (χ3v) is 5.25. The van der Waals surface area contributed by atoms with Crippen LogP contribution in [0.25, 0.3) is 10.8 Å². The molecule has 0 aliphatic rings. The molecule has 31 heavy (non-hydrogen) atoms. The number of fused-ring (bicyclic) bond motifs is 1. The minimum Gasteiger partial charge on any atom is -0.497 e. The zero-order valence-corrected chi connectivity index (χ0v) is 17.3. The van der Waals surface area contributed by atoms with Crippen LogP contribution in [0.15, 0.2) is 85.2 Å². The molecule has 1 amide bonds. The van der Waals surface area contributed by atoms with Crippen molar-refractivity contribution in [2.24, 2.45) is 0 Å². The average Bonchev–Trinajstić information content (AvgIpc) is 2.81. The van der Waals surface area contributed by atoms with E-state index in [1.807, 2.05) is 65.5 Å². The van der Waals surface area contributed by atoms with Crippen molar-refractivity contribution in [3.63, 3.8) is 0 Å². The molecule has 0 saturated heterocycles. The van der Waals surface area contributed by atoms with Gasteiger partial charge in [0.1, 0.15) is 11.6 Å². The van der Waals surface area contributed by atoms with Crippen LogP contribution in [0.1, 0.15) is 21.5 Å². The van der Waals surface area contributed by atoms with Gasteiger partial charge in [0.25, 0.3) is 5.91 Å². The van der Waals surface area contributed by atoms with Gasteiger partial charge >= 0.3 is 0 Å². The molecule has 156 valence electrons. The van der Waals surface area contributed by atoms with Gasteiger partial charge in [0.05, 0.1) is 7.11 Å². The number of rotatable bonds is 7. The van der Waals surface area contributed by atoms with Crippen LogP contribution >= 0.6 is 0 Å². The van der Waals surface area contributed by atoms with Crippen molar-refractivity contribution in [1.29, 1.82) is 0 Å². The zero-order chi connectivity index (χ0) is 21.6. The molecule has 0 atom stereocenters. The summed E-state index contributed by atoms with van der Waals surface area (Å²) in [7, 11) is 1.64. The van der Waals surface area contributed by atoms with Crippen molar-refractivity contribution >= 4 is 16.7 Å². The van der Waals surface area contributed by atoms with Crippen LogP contribution in [0, 0.1) is 5.82 Å². The number of carbonyl (C=O) groups excluding carboxylic acids is 1. The number of pyridine rings is 1. The number of aromatic nitrogens is 1. The van der Waals surface area contributed by atoms with Crippen molar-refractivity contribution in [1.82, 2.24) is 5.32 Å². The lowest BCUT2D eigenvalue weighted by Crippen LogP contribution is -2.33. The summed E-state index contributed by atoms with van der Waals surface area (Å²) in [5, 5.41) is 5.03. The first-order valence-corrected chi connectivity index (χ1v) is 10.2. The molecule has 0 saturated carbocycles. The monoisotopic (exact) mass is 415 g/mol. The Morgan fingerprint density at radius 1 is 0.903 bits per heavy atom. The lowest BCUT2D eigenvalue weighted by atomic mass is 10.1. The van der Waals surface area contributed by atoms with E-state index in [1.54, 1.807) is 19.2 Å². The number of methoxy groups -OCH3 is 1. The first kappa shape index (κ1) is 20.5. The molecule has 5 heteroatoms. The quantitative estimate of drug-likeness (QED) is 0.458. The predicted molar refractivity (Wildman–Crippen MR) is 119 cm³/mol. The van der Waals surface area contributed by atoms with E-state index in [9.17, 15) is 9.18 Å². The molecule has 1 N–H and O–H groups in total. The number of hydrogen-bond donors (Lipinski definition) is 1. The largest absolute Gasteiger partial charge is 0.497 e. The van der Waals surface area contributed by atoms with Crippen LogP contribution in [-0.2, 0) is 13.0 Å². The lowest BCUT2D eigenvalue weighted by Gasteiger charge is -2.07. The van der Waals surface area contributed by atoms with Crippen LogP contribution < -0.4 is 14.6 Å². The molecule has 1 aromatic heterocycles. The van der Waals surface area contributed by atoms with Crippen LogP contribution in [0.2, 0.25) is 0 Å². The number of hydrogen-bond acceptors (Lipinski definition) is 2. The topological polar surface area (TPSA) is 42.2 Å².